The van der Waals surface area contributed by atoms with E-state index in [4.69, 9.17) is 4.74 Å². The Morgan fingerprint density at radius 1 is 1.32 bits per heavy atom. The standard InChI is InChI=1S/C16H31NO2/c1-12-9-13(11-16(5,6)10-12)19-14(18)7-8-17-15(2,3)4/h12-13,17H,7-11H2,1-6H3. The molecule has 0 radical (unpaired) electrons. The quantitative estimate of drug-likeness (QED) is 0.794. The topological polar surface area (TPSA) is 38.3 Å². The highest BCUT2D eigenvalue weighted by Crippen LogP contribution is 2.39. The van der Waals surface area contributed by atoms with Crippen molar-refractivity contribution in [3.8, 4) is 0 Å². The third-order valence-corrected chi connectivity index (χ3v) is 3.63. The van der Waals surface area contributed by atoms with Gasteiger partial charge in [0.1, 0.15) is 6.10 Å². The highest BCUT2D eigenvalue weighted by molar-refractivity contribution is 5.69. The van der Waals surface area contributed by atoms with E-state index in [1.165, 1.54) is 6.42 Å². The number of nitrogens with one attached hydrogen (secondary N) is 1. The van der Waals surface area contributed by atoms with Gasteiger partial charge in [-0.15, -0.1) is 0 Å². The van der Waals surface area contributed by atoms with E-state index < -0.39 is 0 Å². The van der Waals surface area contributed by atoms with Crippen molar-refractivity contribution >= 4 is 5.97 Å². The fourth-order valence-corrected chi connectivity index (χ4v) is 3.13. The van der Waals surface area contributed by atoms with Gasteiger partial charge in [-0.2, -0.15) is 0 Å². The molecule has 0 saturated heterocycles. The van der Waals surface area contributed by atoms with Gasteiger partial charge in [-0.1, -0.05) is 20.8 Å². The smallest absolute Gasteiger partial charge is 0.307 e. The second-order valence-electron chi connectivity index (χ2n) is 7.95. The van der Waals surface area contributed by atoms with E-state index in [9.17, 15) is 4.79 Å². The molecule has 0 spiro atoms. The summed E-state index contributed by atoms with van der Waals surface area (Å²) < 4.78 is 5.63. The molecule has 0 aromatic carbocycles. The Balaban J connectivity index is 2.32. The molecule has 3 nitrogen and oxygen atoms in total. The molecule has 2 unspecified atom stereocenters. The van der Waals surface area contributed by atoms with Crippen molar-refractivity contribution in [2.45, 2.75) is 78.9 Å². The average molecular weight is 269 g/mol. The molecule has 1 aliphatic rings. The molecule has 0 amide bonds. The normalized spacial score (nSPS) is 27.1. The highest BCUT2D eigenvalue weighted by Gasteiger charge is 2.33. The van der Waals surface area contributed by atoms with Gasteiger partial charge in [0.05, 0.1) is 6.42 Å². The molecular weight excluding hydrogens is 238 g/mol. The van der Waals surface area contributed by atoms with Crippen LogP contribution in [0.2, 0.25) is 0 Å². The number of carbonyl (C=O) groups is 1. The number of rotatable bonds is 4. The highest BCUT2D eigenvalue weighted by atomic mass is 16.5. The molecule has 112 valence electrons. The molecule has 1 rings (SSSR count). The molecule has 2 atom stereocenters. The van der Waals surface area contributed by atoms with Crippen LogP contribution in [0.15, 0.2) is 0 Å². The van der Waals surface area contributed by atoms with E-state index in [0.29, 0.717) is 24.3 Å². The molecule has 0 aliphatic heterocycles. The summed E-state index contributed by atoms with van der Waals surface area (Å²) in [6.45, 7) is 13.8. The van der Waals surface area contributed by atoms with Crippen LogP contribution in [0.25, 0.3) is 0 Å². The maximum atomic E-state index is 11.9. The zero-order chi connectivity index (χ0) is 14.7. The Hall–Kier alpha value is -0.570. The Morgan fingerprint density at radius 2 is 1.95 bits per heavy atom. The number of hydrogen-bond donors (Lipinski definition) is 1. The molecule has 0 aromatic heterocycles. The number of hydrogen-bond acceptors (Lipinski definition) is 3. The molecule has 0 bridgehead atoms. The molecule has 0 aromatic rings. The van der Waals surface area contributed by atoms with Crippen LogP contribution >= 0.6 is 0 Å². The summed E-state index contributed by atoms with van der Waals surface area (Å²) in [5.41, 5.74) is 0.355. The summed E-state index contributed by atoms with van der Waals surface area (Å²) in [6.07, 6.45) is 3.81. The maximum absolute atomic E-state index is 11.9. The largest absolute Gasteiger partial charge is 0.462 e. The Bertz CT molecular complexity index is 304. The summed E-state index contributed by atoms with van der Waals surface area (Å²) in [5, 5.41) is 3.31. The second kappa shape index (κ2) is 6.25. The molecule has 3 heteroatoms. The number of ether oxygens (including phenoxy) is 1. The van der Waals surface area contributed by atoms with Crippen molar-refractivity contribution in [3.63, 3.8) is 0 Å². The van der Waals surface area contributed by atoms with Crippen LogP contribution in [-0.2, 0) is 9.53 Å². The van der Waals surface area contributed by atoms with Crippen LogP contribution in [0.4, 0.5) is 0 Å². The molecule has 1 N–H and O–H groups in total. The number of esters is 1. The monoisotopic (exact) mass is 269 g/mol. The first-order valence-corrected chi connectivity index (χ1v) is 7.52. The van der Waals surface area contributed by atoms with Crippen LogP contribution in [0, 0.1) is 11.3 Å². The minimum Gasteiger partial charge on any atom is -0.462 e. The van der Waals surface area contributed by atoms with Crippen molar-refractivity contribution < 1.29 is 9.53 Å². The molecule has 1 aliphatic carbocycles. The van der Waals surface area contributed by atoms with Gasteiger partial charge < -0.3 is 10.1 Å². The van der Waals surface area contributed by atoms with E-state index >= 15 is 0 Å². The van der Waals surface area contributed by atoms with Crippen molar-refractivity contribution in [3.05, 3.63) is 0 Å². The van der Waals surface area contributed by atoms with Gasteiger partial charge in [0.25, 0.3) is 0 Å². The first-order chi connectivity index (χ1) is 8.57. The lowest BCUT2D eigenvalue weighted by molar-refractivity contribution is -0.153. The summed E-state index contributed by atoms with van der Waals surface area (Å²) in [7, 11) is 0. The van der Waals surface area contributed by atoms with Gasteiger partial charge in [0.15, 0.2) is 0 Å². The van der Waals surface area contributed by atoms with E-state index in [0.717, 1.165) is 12.8 Å². The second-order valence-corrected chi connectivity index (χ2v) is 7.95. The van der Waals surface area contributed by atoms with E-state index in [1.54, 1.807) is 0 Å². The molecule has 1 fully saturated rings. The van der Waals surface area contributed by atoms with Gasteiger partial charge in [-0.05, 0) is 51.4 Å². The third kappa shape index (κ3) is 6.95. The van der Waals surface area contributed by atoms with Crippen molar-refractivity contribution in [2.24, 2.45) is 11.3 Å². The Labute approximate surface area is 118 Å². The minimum absolute atomic E-state index is 0.0572. The Kier molecular flexibility index (Phi) is 5.43. The average Bonchev–Trinajstić information content (AvgIpc) is 2.10. The first kappa shape index (κ1) is 16.5. The predicted octanol–water partition coefficient (Wildman–Crippen LogP) is 3.52. The SMILES string of the molecule is CC1CC(OC(=O)CCNC(C)(C)C)CC(C)(C)C1. The van der Waals surface area contributed by atoms with Crippen LogP contribution in [0.5, 0.6) is 0 Å². The van der Waals surface area contributed by atoms with Crippen molar-refractivity contribution in [1.29, 1.82) is 0 Å². The van der Waals surface area contributed by atoms with E-state index in [2.05, 4.69) is 46.9 Å². The lowest BCUT2D eigenvalue weighted by Crippen LogP contribution is -2.38. The lowest BCUT2D eigenvalue weighted by atomic mass is 9.71. The molecule has 0 heterocycles. The molecule has 19 heavy (non-hydrogen) atoms. The van der Waals surface area contributed by atoms with Crippen molar-refractivity contribution in [1.82, 2.24) is 5.32 Å². The van der Waals surface area contributed by atoms with Gasteiger partial charge >= 0.3 is 5.97 Å². The molecular formula is C16H31NO2. The minimum atomic E-state index is -0.0633. The van der Waals surface area contributed by atoms with E-state index in [-0.39, 0.29) is 17.6 Å². The summed E-state index contributed by atoms with van der Waals surface area (Å²) in [5.74, 6) is 0.584. The fourth-order valence-electron chi connectivity index (χ4n) is 3.13. The van der Waals surface area contributed by atoms with Crippen molar-refractivity contribution in [2.75, 3.05) is 6.54 Å². The lowest BCUT2D eigenvalue weighted by Gasteiger charge is -2.38. The van der Waals surface area contributed by atoms with Gasteiger partial charge in [0.2, 0.25) is 0 Å². The van der Waals surface area contributed by atoms with Crippen LogP contribution in [-0.4, -0.2) is 24.2 Å². The summed E-state index contributed by atoms with van der Waals surface area (Å²) in [6, 6.07) is 0. The summed E-state index contributed by atoms with van der Waals surface area (Å²) in [4.78, 5) is 11.9. The fraction of sp³-hybridized carbons (Fsp3) is 0.938. The number of carbonyl (C=O) groups excluding carboxylic acids is 1. The van der Waals surface area contributed by atoms with Gasteiger partial charge in [-0.25, -0.2) is 0 Å². The van der Waals surface area contributed by atoms with Crippen LogP contribution < -0.4 is 5.32 Å². The third-order valence-electron chi connectivity index (χ3n) is 3.63. The molecule has 1 saturated carbocycles. The zero-order valence-electron chi connectivity index (χ0n) is 13.5. The maximum Gasteiger partial charge on any atom is 0.307 e. The van der Waals surface area contributed by atoms with Crippen LogP contribution in [0.1, 0.15) is 67.2 Å². The van der Waals surface area contributed by atoms with E-state index in [1.807, 2.05) is 0 Å². The Morgan fingerprint density at radius 3 is 2.47 bits per heavy atom. The van der Waals surface area contributed by atoms with Gasteiger partial charge in [-0.3, -0.25) is 4.79 Å². The predicted molar refractivity (Wildman–Crippen MR) is 79.0 cm³/mol. The summed E-state index contributed by atoms with van der Waals surface area (Å²) >= 11 is 0. The first-order valence-electron chi connectivity index (χ1n) is 7.52. The van der Waals surface area contributed by atoms with Crippen LogP contribution in [0.3, 0.4) is 0 Å². The van der Waals surface area contributed by atoms with Gasteiger partial charge in [0, 0.05) is 12.1 Å². The zero-order valence-corrected chi connectivity index (χ0v) is 13.5.